The zero-order valence-electron chi connectivity index (χ0n) is 16.7. The number of rotatable bonds is 5. The van der Waals surface area contributed by atoms with Crippen LogP contribution in [0.2, 0.25) is 0 Å². The van der Waals surface area contributed by atoms with E-state index in [0.717, 1.165) is 30.6 Å². The van der Waals surface area contributed by atoms with Crippen molar-refractivity contribution in [2.24, 2.45) is 5.92 Å². The summed E-state index contributed by atoms with van der Waals surface area (Å²) in [6.07, 6.45) is 1.80. The van der Waals surface area contributed by atoms with Crippen LogP contribution in [0, 0.1) is 5.92 Å². The molecule has 0 bridgehead atoms. The maximum absolute atomic E-state index is 12.7. The molecule has 3 rings (SSSR count). The molecule has 1 heterocycles. The van der Waals surface area contributed by atoms with E-state index >= 15 is 0 Å². The molecule has 1 aliphatic rings. The van der Waals surface area contributed by atoms with Gasteiger partial charge in [-0.1, -0.05) is 13.8 Å². The van der Waals surface area contributed by atoms with Crippen molar-refractivity contribution in [3.8, 4) is 11.5 Å². The molecule has 2 amide bonds. The second kappa shape index (κ2) is 8.33. The van der Waals surface area contributed by atoms with Crippen molar-refractivity contribution < 1.29 is 19.1 Å². The number of methoxy groups -OCH3 is 2. The molecular formula is C22H26N2O4. The van der Waals surface area contributed by atoms with Crippen LogP contribution < -0.4 is 19.7 Å². The summed E-state index contributed by atoms with van der Waals surface area (Å²) in [5, 5.41) is 2.92. The molecule has 28 heavy (non-hydrogen) atoms. The number of nitrogens with zero attached hydrogens (tertiary/aromatic N) is 1. The first-order valence-corrected chi connectivity index (χ1v) is 9.41. The van der Waals surface area contributed by atoms with E-state index in [9.17, 15) is 9.59 Å². The summed E-state index contributed by atoms with van der Waals surface area (Å²) in [6, 6.07) is 10.7. The third kappa shape index (κ3) is 4.11. The van der Waals surface area contributed by atoms with Crippen LogP contribution >= 0.6 is 0 Å². The number of fused-ring (bicyclic) bond motifs is 1. The van der Waals surface area contributed by atoms with Gasteiger partial charge in [0.1, 0.15) is 11.5 Å². The van der Waals surface area contributed by atoms with E-state index in [1.165, 1.54) is 0 Å². The first kappa shape index (κ1) is 19.7. The third-order valence-electron chi connectivity index (χ3n) is 4.83. The van der Waals surface area contributed by atoms with Gasteiger partial charge in [0.2, 0.25) is 5.91 Å². The highest BCUT2D eigenvalue weighted by Gasteiger charge is 2.24. The molecule has 0 unspecified atom stereocenters. The predicted molar refractivity (Wildman–Crippen MR) is 109 cm³/mol. The van der Waals surface area contributed by atoms with Crippen molar-refractivity contribution in [2.75, 3.05) is 31.0 Å². The lowest BCUT2D eigenvalue weighted by Gasteiger charge is -2.31. The van der Waals surface area contributed by atoms with Crippen molar-refractivity contribution in [1.29, 1.82) is 0 Å². The summed E-state index contributed by atoms with van der Waals surface area (Å²) < 4.78 is 10.5. The van der Waals surface area contributed by atoms with Crippen LogP contribution in [0.5, 0.6) is 11.5 Å². The summed E-state index contributed by atoms with van der Waals surface area (Å²) in [6.45, 7) is 4.56. The number of carbonyl (C=O) groups excluding carboxylic acids is 2. The second-order valence-corrected chi connectivity index (χ2v) is 7.15. The largest absolute Gasteiger partial charge is 0.497 e. The van der Waals surface area contributed by atoms with Crippen LogP contribution in [0.15, 0.2) is 36.4 Å². The van der Waals surface area contributed by atoms with Crippen LogP contribution in [0.25, 0.3) is 0 Å². The second-order valence-electron chi connectivity index (χ2n) is 7.15. The molecule has 1 aliphatic heterocycles. The molecule has 0 atom stereocenters. The van der Waals surface area contributed by atoms with E-state index in [1.54, 1.807) is 32.4 Å². The maximum Gasteiger partial charge on any atom is 0.255 e. The van der Waals surface area contributed by atoms with Crippen LogP contribution in [0.3, 0.4) is 0 Å². The molecule has 2 aromatic carbocycles. The standard InChI is InChI=1S/C22H26N2O4/c1-14(2)22(26)24-9-5-6-15-10-17(7-8-20(15)24)23-21(25)16-11-18(27-3)13-19(12-16)28-4/h7-8,10-14H,5-6,9H2,1-4H3,(H,23,25). The SMILES string of the molecule is COc1cc(OC)cc(C(=O)Nc2ccc3c(c2)CCCN3C(=O)C(C)C)c1. The topological polar surface area (TPSA) is 67.9 Å². The Bertz CT molecular complexity index is 870. The Kier molecular flexibility index (Phi) is 5.87. The fourth-order valence-electron chi connectivity index (χ4n) is 3.36. The van der Waals surface area contributed by atoms with Gasteiger partial charge in [-0.25, -0.2) is 0 Å². The van der Waals surface area contributed by atoms with E-state index in [0.29, 0.717) is 22.7 Å². The van der Waals surface area contributed by atoms with E-state index in [4.69, 9.17) is 9.47 Å². The van der Waals surface area contributed by atoms with Crippen molar-refractivity contribution in [2.45, 2.75) is 26.7 Å². The third-order valence-corrected chi connectivity index (χ3v) is 4.83. The Labute approximate surface area is 165 Å². The molecule has 6 nitrogen and oxygen atoms in total. The van der Waals surface area contributed by atoms with Crippen molar-refractivity contribution in [3.05, 3.63) is 47.5 Å². The maximum atomic E-state index is 12.7. The molecule has 0 spiro atoms. The molecule has 0 fully saturated rings. The van der Waals surface area contributed by atoms with Crippen LogP contribution in [-0.2, 0) is 11.2 Å². The Morgan fingerprint density at radius 2 is 1.71 bits per heavy atom. The molecule has 0 aliphatic carbocycles. The molecule has 6 heteroatoms. The summed E-state index contributed by atoms with van der Waals surface area (Å²) in [4.78, 5) is 27.0. The van der Waals surface area contributed by atoms with Crippen molar-refractivity contribution >= 4 is 23.2 Å². The van der Waals surface area contributed by atoms with Gasteiger partial charge in [0.05, 0.1) is 14.2 Å². The Hall–Kier alpha value is -3.02. The molecule has 148 valence electrons. The lowest BCUT2D eigenvalue weighted by molar-refractivity contribution is -0.121. The quantitative estimate of drug-likeness (QED) is 0.852. The summed E-state index contributed by atoms with van der Waals surface area (Å²) in [5.74, 6) is 0.938. The van der Waals surface area contributed by atoms with Gasteiger partial charge in [0.25, 0.3) is 5.91 Å². The first-order valence-electron chi connectivity index (χ1n) is 9.41. The van der Waals surface area contributed by atoms with Crippen LogP contribution in [0.4, 0.5) is 11.4 Å². The molecule has 0 radical (unpaired) electrons. The number of amides is 2. The van der Waals surface area contributed by atoms with E-state index < -0.39 is 0 Å². The minimum atomic E-state index is -0.247. The average Bonchev–Trinajstić information content (AvgIpc) is 2.71. The summed E-state index contributed by atoms with van der Waals surface area (Å²) in [7, 11) is 3.09. The highest BCUT2D eigenvalue weighted by molar-refractivity contribution is 6.05. The van der Waals surface area contributed by atoms with Crippen molar-refractivity contribution in [3.63, 3.8) is 0 Å². The van der Waals surface area contributed by atoms with Crippen molar-refractivity contribution in [1.82, 2.24) is 0 Å². The average molecular weight is 382 g/mol. The predicted octanol–water partition coefficient (Wildman–Crippen LogP) is 3.89. The lowest BCUT2D eigenvalue weighted by atomic mass is 9.99. The molecule has 2 aromatic rings. The summed E-state index contributed by atoms with van der Waals surface area (Å²) >= 11 is 0. The van der Waals surface area contributed by atoms with Gasteiger partial charge in [-0.3, -0.25) is 9.59 Å². The molecule has 1 N–H and O–H groups in total. The Balaban J connectivity index is 1.83. The van der Waals surface area contributed by atoms with Gasteiger partial charge in [-0.05, 0) is 48.7 Å². The van der Waals surface area contributed by atoms with Gasteiger partial charge < -0.3 is 19.7 Å². The van der Waals surface area contributed by atoms with Gasteiger partial charge in [0, 0.05) is 35.5 Å². The smallest absolute Gasteiger partial charge is 0.255 e. The fraction of sp³-hybridized carbons (Fsp3) is 0.364. The first-order chi connectivity index (χ1) is 13.4. The lowest BCUT2D eigenvalue weighted by Crippen LogP contribution is -2.38. The number of aryl methyl sites for hydroxylation is 1. The Morgan fingerprint density at radius 3 is 2.32 bits per heavy atom. The van der Waals surface area contributed by atoms with E-state index in [1.807, 2.05) is 36.9 Å². The number of hydrogen-bond acceptors (Lipinski definition) is 4. The van der Waals surface area contributed by atoms with Gasteiger partial charge in [0.15, 0.2) is 0 Å². The minimum absolute atomic E-state index is 0.0478. The number of anilines is 2. The molecule has 0 saturated carbocycles. The van der Waals surface area contributed by atoms with Crippen LogP contribution in [0.1, 0.15) is 36.2 Å². The number of hydrogen-bond donors (Lipinski definition) is 1. The monoisotopic (exact) mass is 382 g/mol. The number of benzene rings is 2. The van der Waals surface area contributed by atoms with E-state index in [2.05, 4.69) is 5.32 Å². The number of carbonyl (C=O) groups is 2. The zero-order valence-corrected chi connectivity index (χ0v) is 16.7. The summed E-state index contributed by atoms with van der Waals surface area (Å²) in [5.41, 5.74) is 3.15. The fourth-order valence-corrected chi connectivity index (χ4v) is 3.36. The molecule has 0 saturated heterocycles. The van der Waals surface area contributed by atoms with Crippen LogP contribution in [-0.4, -0.2) is 32.6 Å². The van der Waals surface area contributed by atoms with Gasteiger partial charge in [-0.2, -0.15) is 0 Å². The minimum Gasteiger partial charge on any atom is -0.497 e. The number of ether oxygens (including phenoxy) is 2. The Morgan fingerprint density at radius 1 is 1.04 bits per heavy atom. The van der Waals surface area contributed by atoms with Gasteiger partial charge in [-0.15, -0.1) is 0 Å². The highest BCUT2D eigenvalue weighted by Crippen LogP contribution is 2.31. The normalized spacial score (nSPS) is 13.1. The van der Waals surface area contributed by atoms with Gasteiger partial charge >= 0.3 is 0 Å². The molecule has 0 aromatic heterocycles. The molecular weight excluding hydrogens is 356 g/mol. The highest BCUT2D eigenvalue weighted by atomic mass is 16.5. The number of nitrogens with one attached hydrogen (secondary N) is 1. The van der Waals surface area contributed by atoms with E-state index in [-0.39, 0.29) is 17.7 Å². The zero-order chi connectivity index (χ0) is 20.3.